The minimum absolute atomic E-state index is 0.550. The second kappa shape index (κ2) is 4.53. The number of benzene rings is 1. The van der Waals surface area contributed by atoms with Gasteiger partial charge >= 0.3 is 0 Å². The SMILES string of the molecule is COCCOc1cc(C2CC2)ccc1N. The van der Waals surface area contributed by atoms with Gasteiger partial charge in [-0.05, 0) is 36.5 Å². The van der Waals surface area contributed by atoms with Crippen LogP contribution in [0.4, 0.5) is 5.69 Å². The average molecular weight is 207 g/mol. The Labute approximate surface area is 90.2 Å². The smallest absolute Gasteiger partial charge is 0.142 e. The molecule has 1 aromatic carbocycles. The fraction of sp³-hybridized carbons (Fsp3) is 0.500. The highest BCUT2D eigenvalue weighted by Gasteiger charge is 2.24. The average Bonchev–Trinajstić information content (AvgIpc) is 3.05. The van der Waals surface area contributed by atoms with Crippen LogP contribution >= 0.6 is 0 Å². The van der Waals surface area contributed by atoms with Crippen LogP contribution in [-0.2, 0) is 4.74 Å². The van der Waals surface area contributed by atoms with Gasteiger partial charge in [-0.1, -0.05) is 6.07 Å². The van der Waals surface area contributed by atoms with Crippen LogP contribution in [0.2, 0.25) is 0 Å². The van der Waals surface area contributed by atoms with Gasteiger partial charge in [-0.15, -0.1) is 0 Å². The highest BCUT2D eigenvalue weighted by atomic mass is 16.5. The molecule has 0 aliphatic heterocycles. The number of rotatable bonds is 5. The lowest BCUT2D eigenvalue weighted by Gasteiger charge is -2.10. The van der Waals surface area contributed by atoms with E-state index in [2.05, 4.69) is 12.1 Å². The van der Waals surface area contributed by atoms with Crippen molar-refractivity contribution in [1.82, 2.24) is 0 Å². The third-order valence-electron chi connectivity index (χ3n) is 2.63. The summed E-state index contributed by atoms with van der Waals surface area (Å²) in [7, 11) is 1.66. The topological polar surface area (TPSA) is 44.5 Å². The van der Waals surface area contributed by atoms with Crippen LogP contribution < -0.4 is 10.5 Å². The Morgan fingerprint density at radius 3 is 2.80 bits per heavy atom. The van der Waals surface area contributed by atoms with Crippen molar-refractivity contribution in [3.05, 3.63) is 23.8 Å². The quantitative estimate of drug-likeness (QED) is 0.594. The van der Waals surface area contributed by atoms with Gasteiger partial charge in [0.15, 0.2) is 0 Å². The predicted octanol–water partition coefficient (Wildman–Crippen LogP) is 2.17. The molecule has 15 heavy (non-hydrogen) atoms. The van der Waals surface area contributed by atoms with E-state index in [1.165, 1.54) is 18.4 Å². The molecule has 1 aliphatic carbocycles. The van der Waals surface area contributed by atoms with E-state index in [4.69, 9.17) is 15.2 Å². The summed E-state index contributed by atoms with van der Waals surface area (Å²) in [5, 5.41) is 0. The molecule has 0 saturated heterocycles. The first-order valence-electron chi connectivity index (χ1n) is 5.32. The second-order valence-corrected chi connectivity index (χ2v) is 3.91. The van der Waals surface area contributed by atoms with Crippen molar-refractivity contribution in [2.24, 2.45) is 0 Å². The Bertz CT molecular complexity index is 334. The van der Waals surface area contributed by atoms with E-state index in [0.29, 0.717) is 18.9 Å². The van der Waals surface area contributed by atoms with Gasteiger partial charge in [0.05, 0.1) is 12.3 Å². The van der Waals surface area contributed by atoms with Crippen LogP contribution in [0.3, 0.4) is 0 Å². The molecule has 1 fully saturated rings. The molecule has 0 radical (unpaired) electrons. The van der Waals surface area contributed by atoms with Gasteiger partial charge in [0, 0.05) is 7.11 Å². The third-order valence-corrected chi connectivity index (χ3v) is 2.63. The number of anilines is 1. The Kier molecular flexibility index (Phi) is 3.11. The summed E-state index contributed by atoms with van der Waals surface area (Å²) in [5.41, 5.74) is 7.87. The van der Waals surface area contributed by atoms with Crippen LogP contribution in [0.1, 0.15) is 24.3 Å². The molecule has 0 spiro atoms. The van der Waals surface area contributed by atoms with Crippen LogP contribution in [0.15, 0.2) is 18.2 Å². The minimum Gasteiger partial charge on any atom is -0.489 e. The van der Waals surface area contributed by atoms with Gasteiger partial charge in [0.25, 0.3) is 0 Å². The molecule has 0 bridgehead atoms. The van der Waals surface area contributed by atoms with Gasteiger partial charge in [-0.25, -0.2) is 0 Å². The van der Waals surface area contributed by atoms with Crippen molar-refractivity contribution in [3.8, 4) is 5.75 Å². The second-order valence-electron chi connectivity index (χ2n) is 3.91. The van der Waals surface area contributed by atoms with Crippen molar-refractivity contribution >= 4 is 5.69 Å². The number of nitrogens with two attached hydrogens (primary N) is 1. The molecule has 2 N–H and O–H groups in total. The molecule has 1 saturated carbocycles. The Hall–Kier alpha value is -1.22. The molecular weight excluding hydrogens is 190 g/mol. The molecule has 82 valence electrons. The van der Waals surface area contributed by atoms with E-state index in [-0.39, 0.29) is 0 Å². The molecule has 0 unspecified atom stereocenters. The summed E-state index contributed by atoms with van der Waals surface area (Å²) < 4.78 is 10.5. The molecule has 1 aromatic rings. The van der Waals surface area contributed by atoms with Crippen molar-refractivity contribution in [2.45, 2.75) is 18.8 Å². The van der Waals surface area contributed by atoms with Gasteiger partial charge in [-0.3, -0.25) is 0 Å². The van der Waals surface area contributed by atoms with Crippen LogP contribution in [0.5, 0.6) is 5.75 Å². The largest absolute Gasteiger partial charge is 0.489 e. The van der Waals surface area contributed by atoms with E-state index >= 15 is 0 Å². The fourth-order valence-corrected chi connectivity index (χ4v) is 1.58. The first-order chi connectivity index (χ1) is 7.31. The van der Waals surface area contributed by atoms with Gasteiger partial charge < -0.3 is 15.2 Å². The molecule has 3 nitrogen and oxygen atoms in total. The summed E-state index contributed by atoms with van der Waals surface area (Å²) in [6.45, 7) is 1.14. The lowest BCUT2D eigenvalue weighted by molar-refractivity contribution is 0.146. The Balaban J connectivity index is 2.03. The van der Waals surface area contributed by atoms with Crippen molar-refractivity contribution in [1.29, 1.82) is 0 Å². The van der Waals surface area contributed by atoms with Gasteiger partial charge in [0.2, 0.25) is 0 Å². The van der Waals surface area contributed by atoms with Gasteiger partial charge in [0.1, 0.15) is 12.4 Å². The van der Waals surface area contributed by atoms with Crippen LogP contribution in [-0.4, -0.2) is 20.3 Å². The lowest BCUT2D eigenvalue weighted by atomic mass is 10.1. The standard InChI is InChI=1S/C12H17NO2/c1-14-6-7-15-12-8-10(9-2-3-9)4-5-11(12)13/h4-5,8-9H,2-3,6-7,13H2,1H3. The van der Waals surface area contributed by atoms with E-state index in [1.54, 1.807) is 7.11 Å². The zero-order valence-electron chi connectivity index (χ0n) is 9.03. The van der Waals surface area contributed by atoms with Crippen molar-refractivity contribution in [3.63, 3.8) is 0 Å². The zero-order chi connectivity index (χ0) is 10.7. The third kappa shape index (κ3) is 2.63. The lowest BCUT2D eigenvalue weighted by Crippen LogP contribution is -2.06. The maximum Gasteiger partial charge on any atom is 0.142 e. The van der Waals surface area contributed by atoms with Crippen LogP contribution in [0.25, 0.3) is 0 Å². The summed E-state index contributed by atoms with van der Waals surface area (Å²) in [5.74, 6) is 1.52. The number of nitrogen functional groups attached to an aromatic ring is 1. The molecule has 0 aromatic heterocycles. The number of ether oxygens (including phenoxy) is 2. The summed E-state index contributed by atoms with van der Waals surface area (Å²) in [6, 6.07) is 6.08. The summed E-state index contributed by atoms with van der Waals surface area (Å²) in [6.07, 6.45) is 2.59. The van der Waals surface area contributed by atoms with E-state index in [0.717, 1.165) is 11.7 Å². The molecule has 2 rings (SSSR count). The van der Waals surface area contributed by atoms with E-state index in [1.807, 2.05) is 6.07 Å². The molecule has 1 aliphatic rings. The molecule has 3 heteroatoms. The summed E-state index contributed by atoms with van der Waals surface area (Å²) >= 11 is 0. The van der Waals surface area contributed by atoms with E-state index in [9.17, 15) is 0 Å². The zero-order valence-corrected chi connectivity index (χ0v) is 9.03. The highest BCUT2D eigenvalue weighted by Crippen LogP contribution is 2.42. The highest BCUT2D eigenvalue weighted by molar-refractivity contribution is 5.54. The predicted molar refractivity (Wildman–Crippen MR) is 60.2 cm³/mol. The molecular formula is C12H17NO2. The van der Waals surface area contributed by atoms with Crippen molar-refractivity contribution in [2.75, 3.05) is 26.1 Å². The first kappa shape index (κ1) is 10.3. The van der Waals surface area contributed by atoms with Crippen LogP contribution in [0, 0.1) is 0 Å². The molecule has 0 atom stereocenters. The monoisotopic (exact) mass is 207 g/mol. The number of hydrogen-bond acceptors (Lipinski definition) is 3. The minimum atomic E-state index is 0.550. The molecule has 0 heterocycles. The maximum atomic E-state index is 5.83. The first-order valence-corrected chi connectivity index (χ1v) is 5.32. The number of hydrogen-bond donors (Lipinski definition) is 1. The Morgan fingerprint density at radius 2 is 2.13 bits per heavy atom. The van der Waals surface area contributed by atoms with E-state index < -0.39 is 0 Å². The fourth-order valence-electron chi connectivity index (χ4n) is 1.58. The number of methoxy groups -OCH3 is 1. The van der Waals surface area contributed by atoms with Crippen molar-refractivity contribution < 1.29 is 9.47 Å². The normalized spacial score (nSPS) is 15.3. The molecule has 0 amide bonds. The summed E-state index contributed by atoms with van der Waals surface area (Å²) in [4.78, 5) is 0. The Morgan fingerprint density at radius 1 is 1.33 bits per heavy atom. The maximum absolute atomic E-state index is 5.83. The van der Waals surface area contributed by atoms with Gasteiger partial charge in [-0.2, -0.15) is 0 Å².